The molecule has 0 aromatic heterocycles. The molecule has 0 saturated heterocycles. The van der Waals surface area contributed by atoms with Crippen molar-refractivity contribution in [2.75, 3.05) is 25.6 Å². The summed E-state index contributed by atoms with van der Waals surface area (Å²) in [5, 5.41) is 0. The van der Waals surface area contributed by atoms with Gasteiger partial charge in [-0.3, -0.25) is 4.79 Å². The van der Waals surface area contributed by atoms with Gasteiger partial charge in [0.05, 0.1) is 18.6 Å². The van der Waals surface area contributed by atoms with Crippen LogP contribution in [-0.2, 0) is 21.4 Å². The number of halogens is 1. The minimum Gasteiger partial charge on any atom is -0.497 e. The van der Waals surface area contributed by atoms with Crippen LogP contribution < -0.4 is 9.64 Å². The molecule has 0 fully saturated rings. The van der Waals surface area contributed by atoms with Gasteiger partial charge in [-0.1, -0.05) is 51.8 Å². The average Bonchev–Trinajstić information content (AvgIpc) is 2.79. The lowest BCUT2D eigenvalue weighted by atomic mass is 10.2. The SMILES string of the molecule is COc1cccc(N(C)C(=O)CN(Cc2ccc(Br)cc2)S(=O)(=O)c2ccc(C)cc2)c1. The lowest BCUT2D eigenvalue weighted by molar-refractivity contribution is -0.118. The maximum atomic E-state index is 13.4. The molecular weight excluding hydrogens is 492 g/mol. The van der Waals surface area contributed by atoms with Crippen molar-refractivity contribution in [3.05, 3.63) is 88.4 Å². The third-order valence-corrected chi connectivity index (χ3v) is 7.39. The van der Waals surface area contributed by atoms with Crippen LogP contribution in [0.1, 0.15) is 11.1 Å². The van der Waals surface area contributed by atoms with Crippen LogP contribution >= 0.6 is 15.9 Å². The summed E-state index contributed by atoms with van der Waals surface area (Å²) in [4.78, 5) is 14.7. The second-order valence-corrected chi connectivity index (χ2v) is 10.2. The highest BCUT2D eigenvalue weighted by Gasteiger charge is 2.28. The molecule has 0 saturated carbocycles. The van der Waals surface area contributed by atoms with E-state index in [4.69, 9.17) is 4.74 Å². The fraction of sp³-hybridized carbons (Fsp3) is 0.208. The van der Waals surface area contributed by atoms with Gasteiger partial charge in [0.2, 0.25) is 15.9 Å². The van der Waals surface area contributed by atoms with Gasteiger partial charge >= 0.3 is 0 Å². The highest BCUT2D eigenvalue weighted by Crippen LogP contribution is 2.23. The van der Waals surface area contributed by atoms with Gasteiger partial charge < -0.3 is 9.64 Å². The first-order valence-corrected chi connectivity index (χ1v) is 12.2. The van der Waals surface area contributed by atoms with E-state index >= 15 is 0 Å². The van der Waals surface area contributed by atoms with Crippen molar-refractivity contribution < 1.29 is 17.9 Å². The van der Waals surface area contributed by atoms with E-state index in [-0.39, 0.29) is 23.9 Å². The molecule has 3 aromatic carbocycles. The summed E-state index contributed by atoms with van der Waals surface area (Å²) in [5.41, 5.74) is 2.35. The van der Waals surface area contributed by atoms with Crippen LogP contribution in [-0.4, -0.2) is 39.3 Å². The normalized spacial score (nSPS) is 11.4. The fourth-order valence-corrected chi connectivity index (χ4v) is 4.74. The summed E-state index contributed by atoms with van der Waals surface area (Å²) in [5.74, 6) is 0.257. The molecule has 1 amide bonds. The molecule has 0 aliphatic carbocycles. The molecule has 32 heavy (non-hydrogen) atoms. The number of rotatable bonds is 8. The standard InChI is InChI=1S/C24H25BrN2O4S/c1-18-7-13-23(14-8-18)32(29,30)27(16-19-9-11-20(25)12-10-19)17-24(28)26(2)21-5-4-6-22(15-21)31-3/h4-15H,16-17H2,1-3H3. The molecule has 3 rings (SSSR count). The number of benzene rings is 3. The van der Waals surface area contributed by atoms with Gasteiger partial charge in [-0.15, -0.1) is 0 Å². The Labute approximate surface area is 197 Å². The van der Waals surface area contributed by atoms with Crippen molar-refractivity contribution in [3.63, 3.8) is 0 Å². The van der Waals surface area contributed by atoms with Crippen molar-refractivity contribution in [3.8, 4) is 5.75 Å². The van der Waals surface area contributed by atoms with Gasteiger partial charge in [-0.05, 0) is 48.9 Å². The number of amides is 1. The summed E-state index contributed by atoms with van der Waals surface area (Å²) in [7, 11) is -0.731. The Balaban J connectivity index is 1.91. The maximum absolute atomic E-state index is 13.4. The molecule has 0 bridgehead atoms. The molecule has 0 aliphatic heterocycles. The highest BCUT2D eigenvalue weighted by atomic mass is 79.9. The Morgan fingerprint density at radius 2 is 1.66 bits per heavy atom. The molecule has 0 unspecified atom stereocenters. The number of likely N-dealkylation sites (N-methyl/N-ethyl adjacent to an activating group) is 1. The Morgan fingerprint density at radius 3 is 2.28 bits per heavy atom. The monoisotopic (exact) mass is 516 g/mol. The van der Waals surface area contributed by atoms with Crippen molar-refractivity contribution in [1.82, 2.24) is 4.31 Å². The van der Waals surface area contributed by atoms with Crippen LogP contribution in [0, 0.1) is 6.92 Å². The van der Waals surface area contributed by atoms with E-state index in [1.54, 1.807) is 62.7 Å². The molecule has 0 radical (unpaired) electrons. The van der Waals surface area contributed by atoms with Gasteiger partial charge in [0.25, 0.3) is 0 Å². The van der Waals surface area contributed by atoms with E-state index in [2.05, 4.69) is 15.9 Å². The zero-order chi connectivity index (χ0) is 23.3. The predicted octanol–water partition coefficient (Wildman–Crippen LogP) is 4.62. The number of carbonyl (C=O) groups excluding carboxylic acids is 1. The second-order valence-electron chi connectivity index (χ2n) is 7.37. The van der Waals surface area contributed by atoms with Gasteiger partial charge in [0, 0.05) is 29.8 Å². The van der Waals surface area contributed by atoms with E-state index in [1.165, 1.54) is 9.21 Å². The lowest BCUT2D eigenvalue weighted by Gasteiger charge is -2.25. The van der Waals surface area contributed by atoms with Gasteiger partial charge in [-0.2, -0.15) is 4.31 Å². The summed E-state index contributed by atoms with van der Waals surface area (Å²) >= 11 is 3.39. The predicted molar refractivity (Wildman–Crippen MR) is 129 cm³/mol. The Hall–Kier alpha value is -2.68. The topological polar surface area (TPSA) is 66.9 Å². The van der Waals surface area contributed by atoms with Crippen molar-refractivity contribution >= 4 is 37.5 Å². The van der Waals surface area contributed by atoms with Gasteiger partial charge in [-0.25, -0.2) is 8.42 Å². The molecule has 0 atom stereocenters. The lowest BCUT2D eigenvalue weighted by Crippen LogP contribution is -2.41. The van der Waals surface area contributed by atoms with E-state index in [1.807, 2.05) is 31.2 Å². The molecule has 3 aromatic rings. The quantitative estimate of drug-likeness (QED) is 0.438. The third-order valence-electron chi connectivity index (χ3n) is 5.06. The van der Waals surface area contributed by atoms with Crippen molar-refractivity contribution in [1.29, 1.82) is 0 Å². The van der Waals surface area contributed by atoms with E-state index in [0.717, 1.165) is 15.6 Å². The van der Waals surface area contributed by atoms with Crippen LogP contribution in [0.15, 0.2) is 82.2 Å². The second kappa shape index (κ2) is 10.3. The van der Waals surface area contributed by atoms with Crippen LogP contribution in [0.4, 0.5) is 5.69 Å². The summed E-state index contributed by atoms with van der Waals surface area (Å²) < 4.78 is 34.2. The summed E-state index contributed by atoms with van der Waals surface area (Å²) in [6.07, 6.45) is 0. The molecule has 0 aliphatic rings. The molecule has 168 valence electrons. The number of anilines is 1. The van der Waals surface area contributed by atoms with Crippen molar-refractivity contribution in [2.24, 2.45) is 0 Å². The maximum Gasteiger partial charge on any atom is 0.243 e. The number of ether oxygens (including phenoxy) is 1. The van der Waals surface area contributed by atoms with Crippen LogP contribution in [0.25, 0.3) is 0 Å². The molecule has 0 heterocycles. The number of hydrogen-bond donors (Lipinski definition) is 0. The smallest absolute Gasteiger partial charge is 0.243 e. The number of nitrogens with zero attached hydrogens (tertiary/aromatic N) is 2. The van der Waals surface area contributed by atoms with E-state index < -0.39 is 10.0 Å². The van der Waals surface area contributed by atoms with Crippen molar-refractivity contribution in [2.45, 2.75) is 18.4 Å². The highest BCUT2D eigenvalue weighted by molar-refractivity contribution is 9.10. The van der Waals surface area contributed by atoms with E-state index in [9.17, 15) is 13.2 Å². The molecular formula is C24H25BrN2O4S. The number of carbonyl (C=O) groups is 1. The van der Waals surface area contributed by atoms with Crippen LogP contribution in [0.5, 0.6) is 5.75 Å². The Bertz CT molecular complexity index is 1180. The first-order valence-electron chi connectivity index (χ1n) is 9.92. The molecule has 0 N–H and O–H groups in total. The Morgan fingerprint density at radius 1 is 1.00 bits per heavy atom. The van der Waals surface area contributed by atoms with E-state index in [0.29, 0.717) is 11.4 Å². The number of aryl methyl sites for hydroxylation is 1. The fourth-order valence-electron chi connectivity index (χ4n) is 3.10. The molecule has 6 nitrogen and oxygen atoms in total. The average molecular weight is 517 g/mol. The van der Waals surface area contributed by atoms with Gasteiger partial charge in [0.1, 0.15) is 5.75 Å². The van der Waals surface area contributed by atoms with Crippen LogP contribution in [0.3, 0.4) is 0 Å². The number of sulfonamides is 1. The largest absolute Gasteiger partial charge is 0.497 e. The minimum atomic E-state index is -3.90. The first-order chi connectivity index (χ1) is 15.2. The molecule has 0 spiro atoms. The minimum absolute atomic E-state index is 0.0706. The first kappa shape index (κ1) is 24.0. The number of hydrogen-bond acceptors (Lipinski definition) is 4. The third kappa shape index (κ3) is 5.76. The zero-order valence-electron chi connectivity index (χ0n) is 18.2. The Kier molecular flexibility index (Phi) is 7.71. The van der Waals surface area contributed by atoms with Crippen LogP contribution in [0.2, 0.25) is 0 Å². The van der Waals surface area contributed by atoms with Gasteiger partial charge in [0.15, 0.2) is 0 Å². The zero-order valence-corrected chi connectivity index (χ0v) is 20.6. The molecule has 8 heteroatoms. The summed E-state index contributed by atoms with van der Waals surface area (Å²) in [6, 6.07) is 21.0. The number of methoxy groups -OCH3 is 1. The summed E-state index contributed by atoms with van der Waals surface area (Å²) in [6.45, 7) is 1.66.